The minimum Gasteiger partial charge on any atom is -0.481 e. The molecular formula is C8H20O3. The molecule has 0 saturated carbocycles. The maximum atomic E-state index is 9.00. The lowest BCUT2D eigenvalue weighted by Gasteiger charge is -1.86. The van der Waals surface area contributed by atoms with Crippen LogP contribution in [0.25, 0.3) is 0 Å². The van der Waals surface area contributed by atoms with Crippen LogP contribution >= 0.6 is 0 Å². The molecule has 0 spiro atoms. The van der Waals surface area contributed by atoms with Gasteiger partial charge in [-0.25, -0.2) is 0 Å². The molecule has 0 amide bonds. The molecule has 0 radical (unpaired) electrons. The molecule has 0 fully saturated rings. The Bertz CT molecular complexity index is 63.7. The van der Waals surface area contributed by atoms with Gasteiger partial charge in [0.15, 0.2) is 0 Å². The Morgan fingerprint density at radius 3 is 1.45 bits per heavy atom. The van der Waals surface area contributed by atoms with Crippen LogP contribution in [0.3, 0.4) is 0 Å². The van der Waals surface area contributed by atoms with Gasteiger partial charge in [-0.1, -0.05) is 39.5 Å². The fraction of sp³-hybridized carbons (Fsp3) is 0.875. The summed E-state index contributed by atoms with van der Waals surface area (Å²) in [5, 5.41) is 7.42. The van der Waals surface area contributed by atoms with Crippen molar-refractivity contribution in [3.05, 3.63) is 0 Å². The smallest absolute Gasteiger partial charge is 0.300 e. The van der Waals surface area contributed by atoms with E-state index in [1.54, 1.807) is 0 Å². The highest BCUT2D eigenvalue weighted by Crippen LogP contribution is 1.95. The molecule has 0 aliphatic rings. The Morgan fingerprint density at radius 1 is 1.18 bits per heavy atom. The van der Waals surface area contributed by atoms with Crippen molar-refractivity contribution in [2.75, 3.05) is 0 Å². The van der Waals surface area contributed by atoms with Crippen molar-refractivity contribution in [2.45, 2.75) is 46.5 Å². The molecule has 3 heteroatoms. The standard InChI is InChI=1S/C6H14.C2H4O2.H2O/c1-3-5-6-4-2;1-2(3)4;/h3-6H2,1-2H3;1H3,(H,3,4);1H2. The van der Waals surface area contributed by atoms with Crippen molar-refractivity contribution < 1.29 is 15.4 Å². The Balaban J connectivity index is -0.000000114. The van der Waals surface area contributed by atoms with Gasteiger partial charge in [-0.3, -0.25) is 4.79 Å². The van der Waals surface area contributed by atoms with Gasteiger partial charge in [0.05, 0.1) is 0 Å². The van der Waals surface area contributed by atoms with E-state index in [0.29, 0.717) is 0 Å². The van der Waals surface area contributed by atoms with Gasteiger partial charge in [-0.05, 0) is 0 Å². The number of unbranched alkanes of at least 4 members (excludes halogenated alkanes) is 3. The molecular weight excluding hydrogens is 144 g/mol. The number of aliphatic carboxylic acids is 1. The largest absolute Gasteiger partial charge is 0.481 e. The molecule has 0 unspecified atom stereocenters. The van der Waals surface area contributed by atoms with Gasteiger partial charge in [0, 0.05) is 6.92 Å². The van der Waals surface area contributed by atoms with E-state index in [1.807, 2.05) is 0 Å². The number of carboxylic acids is 1. The monoisotopic (exact) mass is 164 g/mol. The van der Waals surface area contributed by atoms with Gasteiger partial charge in [0.1, 0.15) is 0 Å². The average Bonchev–Trinajstić information content (AvgIpc) is 1.82. The Labute approximate surface area is 68.7 Å². The predicted octanol–water partition coefficient (Wildman–Crippen LogP) is 1.85. The molecule has 11 heavy (non-hydrogen) atoms. The van der Waals surface area contributed by atoms with Crippen LogP contribution in [-0.4, -0.2) is 16.6 Å². The van der Waals surface area contributed by atoms with Gasteiger partial charge in [-0.2, -0.15) is 0 Å². The highest BCUT2D eigenvalue weighted by molar-refractivity contribution is 5.62. The minimum atomic E-state index is -0.833. The highest BCUT2D eigenvalue weighted by Gasteiger charge is 1.75. The first kappa shape index (κ1) is 16.8. The molecule has 3 nitrogen and oxygen atoms in total. The number of carbonyl (C=O) groups is 1. The lowest BCUT2D eigenvalue weighted by atomic mass is 10.2. The van der Waals surface area contributed by atoms with Gasteiger partial charge in [-0.15, -0.1) is 0 Å². The van der Waals surface area contributed by atoms with Crippen LogP contribution in [0.1, 0.15) is 46.5 Å². The molecule has 0 atom stereocenters. The molecule has 0 aromatic rings. The summed E-state index contributed by atoms with van der Waals surface area (Å²) in [6.07, 6.45) is 5.54. The quantitative estimate of drug-likeness (QED) is 0.647. The van der Waals surface area contributed by atoms with Crippen molar-refractivity contribution >= 4 is 5.97 Å². The van der Waals surface area contributed by atoms with E-state index in [4.69, 9.17) is 9.90 Å². The van der Waals surface area contributed by atoms with Crippen LogP contribution in [0.15, 0.2) is 0 Å². The van der Waals surface area contributed by atoms with Crippen molar-refractivity contribution in [3.8, 4) is 0 Å². The van der Waals surface area contributed by atoms with Crippen molar-refractivity contribution in [2.24, 2.45) is 0 Å². The second-order valence-corrected chi connectivity index (χ2v) is 2.23. The summed E-state index contributed by atoms with van der Waals surface area (Å²) in [5.74, 6) is -0.833. The molecule has 0 aromatic heterocycles. The molecule has 0 bridgehead atoms. The normalized spacial score (nSPS) is 7.18. The van der Waals surface area contributed by atoms with Crippen LogP contribution in [0.5, 0.6) is 0 Å². The molecule has 0 aliphatic carbocycles. The molecule has 0 rings (SSSR count). The van der Waals surface area contributed by atoms with E-state index in [2.05, 4.69) is 13.8 Å². The second-order valence-electron chi connectivity index (χ2n) is 2.23. The summed E-state index contributed by atoms with van der Waals surface area (Å²) in [5.41, 5.74) is 0. The maximum absolute atomic E-state index is 9.00. The van der Waals surface area contributed by atoms with Crippen LogP contribution in [0.4, 0.5) is 0 Å². The lowest BCUT2D eigenvalue weighted by Crippen LogP contribution is -1.78. The molecule has 0 aromatic carbocycles. The topological polar surface area (TPSA) is 68.8 Å². The van der Waals surface area contributed by atoms with Crippen molar-refractivity contribution in [1.29, 1.82) is 0 Å². The maximum Gasteiger partial charge on any atom is 0.300 e. The third-order valence-corrected chi connectivity index (χ3v) is 0.957. The summed E-state index contributed by atoms with van der Waals surface area (Å²) in [4.78, 5) is 9.00. The summed E-state index contributed by atoms with van der Waals surface area (Å²) >= 11 is 0. The van der Waals surface area contributed by atoms with Gasteiger partial charge in [0.2, 0.25) is 0 Å². The number of rotatable bonds is 3. The molecule has 3 N–H and O–H groups in total. The number of carboxylic acid groups (broad SMARTS) is 1. The highest BCUT2D eigenvalue weighted by atomic mass is 16.4. The third-order valence-electron chi connectivity index (χ3n) is 0.957. The van der Waals surface area contributed by atoms with Crippen molar-refractivity contribution in [3.63, 3.8) is 0 Å². The second kappa shape index (κ2) is 16.2. The molecule has 70 valence electrons. The first-order valence-corrected chi connectivity index (χ1v) is 3.84. The predicted molar refractivity (Wildman–Crippen MR) is 46.7 cm³/mol. The van der Waals surface area contributed by atoms with Crippen LogP contribution in [0, 0.1) is 0 Å². The van der Waals surface area contributed by atoms with E-state index in [9.17, 15) is 0 Å². The Morgan fingerprint density at radius 2 is 1.36 bits per heavy atom. The van der Waals surface area contributed by atoms with Crippen LogP contribution in [0.2, 0.25) is 0 Å². The van der Waals surface area contributed by atoms with Crippen LogP contribution in [-0.2, 0) is 4.79 Å². The summed E-state index contributed by atoms with van der Waals surface area (Å²) in [7, 11) is 0. The molecule has 0 saturated heterocycles. The zero-order chi connectivity index (χ0) is 8.41. The van der Waals surface area contributed by atoms with E-state index in [-0.39, 0.29) is 5.48 Å². The average molecular weight is 164 g/mol. The van der Waals surface area contributed by atoms with Gasteiger partial charge >= 0.3 is 0 Å². The molecule has 0 aliphatic heterocycles. The van der Waals surface area contributed by atoms with Gasteiger partial charge < -0.3 is 10.6 Å². The first-order valence-electron chi connectivity index (χ1n) is 3.84. The van der Waals surface area contributed by atoms with E-state index < -0.39 is 5.97 Å². The van der Waals surface area contributed by atoms with Gasteiger partial charge in [0.25, 0.3) is 5.97 Å². The third kappa shape index (κ3) is 88.2. The Hall–Kier alpha value is -0.570. The zero-order valence-corrected chi connectivity index (χ0v) is 7.68. The van der Waals surface area contributed by atoms with E-state index in [0.717, 1.165) is 6.92 Å². The fourth-order valence-electron chi connectivity index (χ4n) is 0.500. The molecule has 0 heterocycles. The van der Waals surface area contributed by atoms with Crippen LogP contribution < -0.4 is 0 Å². The fourth-order valence-corrected chi connectivity index (χ4v) is 0.500. The first-order chi connectivity index (χ1) is 4.65. The van der Waals surface area contributed by atoms with E-state index >= 15 is 0 Å². The van der Waals surface area contributed by atoms with Crippen molar-refractivity contribution in [1.82, 2.24) is 0 Å². The summed E-state index contributed by atoms with van der Waals surface area (Å²) in [6, 6.07) is 0. The zero-order valence-electron chi connectivity index (χ0n) is 7.68. The van der Waals surface area contributed by atoms with E-state index in [1.165, 1.54) is 25.7 Å². The number of hydrogen-bond donors (Lipinski definition) is 1. The lowest BCUT2D eigenvalue weighted by molar-refractivity contribution is -0.134. The minimum absolute atomic E-state index is 0. The Kier molecular flexibility index (Phi) is 24.8. The summed E-state index contributed by atoms with van der Waals surface area (Å²) in [6.45, 7) is 5.55. The number of hydrogen-bond acceptors (Lipinski definition) is 1. The summed E-state index contributed by atoms with van der Waals surface area (Å²) < 4.78 is 0. The SMILES string of the molecule is CC(=O)O.CCCCCC.O.